The lowest BCUT2D eigenvalue weighted by molar-refractivity contribution is -0.125. The molecule has 2 rings (SSSR count). The molecule has 1 saturated heterocycles. The van der Waals surface area contributed by atoms with E-state index in [-0.39, 0.29) is 23.8 Å². The number of nitrogens with zero attached hydrogens (tertiary/aromatic N) is 1. The number of amides is 1. The minimum Gasteiger partial charge on any atom is -0.379 e. The van der Waals surface area contributed by atoms with E-state index in [4.69, 9.17) is 4.74 Å². The van der Waals surface area contributed by atoms with Crippen LogP contribution in [0.5, 0.6) is 0 Å². The van der Waals surface area contributed by atoms with Crippen molar-refractivity contribution in [3.05, 3.63) is 16.6 Å². The van der Waals surface area contributed by atoms with Gasteiger partial charge < -0.3 is 15.4 Å². The van der Waals surface area contributed by atoms with Crippen LogP contribution in [0.1, 0.15) is 17.8 Å². The maximum Gasteiger partial charge on any atom is 0.227 e. The Morgan fingerprint density at radius 2 is 2.50 bits per heavy atom. The first-order valence-electron chi connectivity index (χ1n) is 6.14. The van der Waals surface area contributed by atoms with Gasteiger partial charge in [-0.1, -0.05) is 6.92 Å². The number of carbonyl (C=O) groups is 1. The Morgan fingerprint density at radius 3 is 3.17 bits per heavy atom. The molecule has 1 aliphatic heterocycles. The van der Waals surface area contributed by atoms with Gasteiger partial charge in [0.1, 0.15) is 0 Å². The SMILES string of the molecule is CNC1COCC1C(=O)NCC(C)c1nccs1. The lowest BCUT2D eigenvalue weighted by Crippen LogP contribution is -2.43. The van der Waals surface area contributed by atoms with Gasteiger partial charge in [-0.15, -0.1) is 11.3 Å². The molecule has 3 unspecified atom stereocenters. The molecule has 2 heterocycles. The third kappa shape index (κ3) is 3.07. The predicted molar refractivity (Wildman–Crippen MR) is 70.7 cm³/mol. The Bertz CT molecular complexity index is 383. The Hall–Kier alpha value is -0.980. The molecule has 1 amide bonds. The fraction of sp³-hybridized carbons (Fsp3) is 0.667. The minimum absolute atomic E-state index is 0.0651. The van der Waals surface area contributed by atoms with Crippen LogP contribution in [0.4, 0.5) is 0 Å². The van der Waals surface area contributed by atoms with E-state index in [9.17, 15) is 4.79 Å². The van der Waals surface area contributed by atoms with E-state index in [0.717, 1.165) is 5.01 Å². The molecule has 5 nitrogen and oxygen atoms in total. The molecule has 1 aromatic rings. The predicted octanol–water partition coefficient (Wildman–Crippen LogP) is 0.597. The zero-order valence-corrected chi connectivity index (χ0v) is 11.5. The monoisotopic (exact) mass is 269 g/mol. The summed E-state index contributed by atoms with van der Waals surface area (Å²) in [7, 11) is 1.86. The summed E-state index contributed by atoms with van der Waals surface area (Å²) in [6, 6.07) is 0.125. The van der Waals surface area contributed by atoms with E-state index in [1.807, 2.05) is 12.4 Å². The quantitative estimate of drug-likeness (QED) is 0.821. The Kier molecular flexibility index (Phi) is 4.68. The Balaban J connectivity index is 1.81. The second-order valence-electron chi connectivity index (χ2n) is 4.56. The number of aromatic nitrogens is 1. The summed E-state index contributed by atoms with van der Waals surface area (Å²) in [5.41, 5.74) is 0. The van der Waals surface area contributed by atoms with Gasteiger partial charge in [-0.05, 0) is 7.05 Å². The van der Waals surface area contributed by atoms with E-state index < -0.39 is 0 Å². The van der Waals surface area contributed by atoms with Crippen molar-refractivity contribution in [2.75, 3.05) is 26.8 Å². The van der Waals surface area contributed by atoms with Gasteiger partial charge in [0.25, 0.3) is 0 Å². The molecule has 2 N–H and O–H groups in total. The molecule has 0 aromatic carbocycles. The first-order valence-corrected chi connectivity index (χ1v) is 7.02. The standard InChI is InChI=1S/C12H19N3O2S/c1-8(12-14-3-4-18-12)5-15-11(16)9-6-17-7-10(9)13-2/h3-4,8-10,13H,5-7H2,1-2H3,(H,15,16). The number of ether oxygens (including phenoxy) is 1. The van der Waals surface area contributed by atoms with Crippen molar-refractivity contribution in [1.82, 2.24) is 15.6 Å². The number of thiazole rings is 1. The minimum atomic E-state index is -0.0847. The Morgan fingerprint density at radius 1 is 1.67 bits per heavy atom. The summed E-state index contributed by atoms with van der Waals surface area (Å²) in [5.74, 6) is 0.234. The fourth-order valence-corrected chi connectivity index (χ4v) is 2.75. The van der Waals surface area contributed by atoms with E-state index in [1.165, 1.54) is 0 Å². The molecule has 18 heavy (non-hydrogen) atoms. The van der Waals surface area contributed by atoms with Crippen molar-refractivity contribution in [2.24, 2.45) is 5.92 Å². The molecule has 1 fully saturated rings. The maximum absolute atomic E-state index is 12.0. The second-order valence-corrected chi connectivity index (χ2v) is 5.48. The van der Waals surface area contributed by atoms with Crippen LogP contribution in [0, 0.1) is 5.92 Å². The molecule has 0 radical (unpaired) electrons. The fourth-order valence-electron chi connectivity index (χ4n) is 2.05. The lowest BCUT2D eigenvalue weighted by atomic mass is 10.0. The van der Waals surface area contributed by atoms with Crippen LogP contribution in [0.15, 0.2) is 11.6 Å². The van der Waals surface area contributed by atoms with Gasteiger partial charge >= 0.3 is 0 Å². The summed E-state index contributed by atoms with van der Waals surface area (Å²) >= 11 is 1.62. The zero-order valence-electron chi connectivity index (χ0n) is 10.7. The number of carbonyl (C=O) groups excluding carboxylic acids is 1. The highest BCUT2D eigenvalue weighted by molar-refractivity contribution is 7.09. The van der Waals surface area contributed by atoms with Crippen molar-refractivity contribution >= 4 is 17.2 Å². The third-order valence-electron chi connectivity index (χ3n) is 3.24. The molecule has 0 bridgehead atoms. The molecule has 0 saturated carbocycles. The Labute approximate surface area is 111 Å². The average molecular weight is 269 g/mol. The third-order valence-corrected chi connectivity index (χ3v) is 4.25. The van der Waals surface area contributed by atoms with Crippen molar-refractivity contribution in [1.29, 1.82) is 0 Å². The van der Waals surface area contributed by atoms with Gasteiger partial charge in [-0.2, -0.15) is 0 Å². The normalized spacial score (nSPS) is 25.0. The first-order chi connectivity index (χ1) is 8.72. The zero-order chi connectivity index (χ0) is 13.0. The number of rotatable bonds is 5. The second kappa shape index (κ2) is 6.26. The summed E-state index contributed by atoms with van der Waals surface area (Å²) in [5, 5.41) is 9.11. The van der Waals surface area contributed by atoms with Gasteiger partial charge in [-0.25, -0.2) is 4.98 Å². The van der Waals surface area contributed by atoms with E-state index in [2.05, 4.69) is 22.5 Å². The van der Waals surface area contributed by atoms with Gasteiger partial charge in [0.15, 0.2) is 0 Å². The molecular formula is C12H19N3O2S. The molecule has 3 atom stereocenters. The molecule has 100 valence electrons. The molecule has 0 spiro atoms. The van der Waals surface area contributed by atoms with Crippen LogP contribution in [0.2, 0.25) is 0 Å². The first kappa shape index (κ1) is 13.5. The van der Waals surface area contributed by atoms with Gasteiger partial charge in [0.2, 0.25) is 5.91 Å². The van der Waals surface area contributed by atoms with Gasteiger partial charge in [0.05, 0.1) is 24.1 Å². The topological polar surface area (TPSA) is 63.2 Å². The molecule has 0 aliphatic carbocycles. The van der Waals surface area contributed by atoms with Gasteiger partial charge in [0, 0.05) is 30.1 Å². The van der Waals surface area contributed by atoms with Gasteiger partial charge in [-0.3, -0.25) is 4.79 Å². The summed E-state index contributed by atoms with van der Waals surface area (Å²) in [4.78, 5) is 16.3. The molecule has 6 heteroatoms. The summed E-state index contributed by atoms with van der Waals surface area (Å²) < 4.78 is 5.33. The maximum atomic E-state index is 12.0. The lowest BCUT2D eigenvalue weighted by Gasteiger charge is -2.17. The van der Waals surface area contributed by atoms with Crippen LogP contribution in [-0.2, 0) is 9.53 Å². The largest absolute Gasteiger partial charge is 0.379 e. The molecule has 1 aromatic heterocycles. The van der Waals surface area contributed by atoms with E-state index in [0.29, 0.717) is 19.8 Å². The van der Waals surface area contributed by atoms with E-state index in [1.54, 1.807) is 17.5 Å². The smallest absolute Gasteiger partial charge is 0.227 e. The highest BCUT2D eigenvalue weighted by Gasteiger charge is 2.32. The van der Waals surface area contributed by atoms with Crippen LogP contribution >= 0.6 is 11.3 Å². The highest BCUT2D eigenvalue weighted by atomic mass is 32.1. The molecule has 1 aliphatic rings. The number of hydrogen-bond donors (Lipinski definition) is 2. The highest BCUT2D eigenvalue weighted by Crippen LogP contribution is 2.17. The average Bonchev–Trinajstić information content (AvgIpc) is 3.04. The van der Waals surface area contributed by atoms with Crippen molar-refractivity contribution < 1.29 is 9.53 Å². The number of nitrogens with one attached hydrogen (secondary N) is 2. The summed E-state index contributed by atoms with van der Waals surface area (Å²) in [6.45, 7) is 3.80. The van der Waals surface area contributed by atoms with Crippen molar-refractivity contribution in [3.63, 3.8) is 0 Å². The summed E-state index contributed by atoms with van der Waals surface area (Å²) in [6.07, 6.45) is 1.79. The number of hydrogen-bond acceptors (Lipinski definition) is 5. The van der Waals surface area contributed by atoms with Crippen LogP contribution in [0.3, 0.4) is 0 Å². The van der Waals surface area contributed by atoms with Crippen LogP contribution in [-0.4, -0.2) is 43.7 Å². The number of likely N-dealkylation sites (N-methyl/N-ethyl adjacent to an activating group) is 1. The van der Waals surface area contributed by atoms with Crippen LogP contribution < -0.4 is 10.6 Å². The van der Waals surface area contributed by atoms with E-state index >= 15 is 0 Å². The molecular weight excluding hydrogens is 250 g/mol. The van der Waals surface area contributed by atoms with Crippen molar-refractivity contribution in [2.45, 2.75) is 18.9 Å². The van der Waals surface area contributed by atoms with Crippen molar-refractivity contribution in [3.8, 4) is 0 Å². The van der Waals surface area contributed by atoms with Crippen LogP contribution in [0.25, 0.3) is 0 Å².